The van der Waals surface area contributed by atoms with Crippen molar-refractivity contribution >= 4 is 23.1 Å². The van der Waals surface area contributed by atoms with Crippen LogP contribution in [0.1, 0.15) is 33.9 Å². The van der Waals surface area contributed by atoms with E-state index in [4.69, 9.17) is 4.74 Å². The molecule has 1 aromatic heterocycles. The van der Waals surface area contributed by atoms with E-state index < -0.39 is 17.7 Å². The number of ketones is 1. The molecule has 0 saturated carbocycles. The highest BCUT2D eigenvalue weighted by molar-refractivity contribution is 6.46. The molecular formula is C33H31N3O4. The van der Waals surface area contributed by atoms with Gasteiger partial charge in [-0.1, -0.05) is 42.0 Å². The van der Waals surface area contributed by atoms with E-state index in [1.165, 1.54) is 4.90 Å². The Balaban J connectivity index is 1.48. The molecular weight excluding hydrogens is 502 g/mol. The number of amides is 1. The molecule has 7 heteroatoms. The average Bonchev–Trinajstić information content (AvgIpc) is 3.21. The minimum absolute atomic E-state index is 0.0603. The average molecular weight is 534 g/mol. The van der Waals surface area contributed by atoms with Gasteiger partial charge in [-0.25, -0.2) is 0 Å². The lowest BCUT2D eigenvalue weighted by molar-refractivity contribution is -0.140. The van der Waals surface area contributed by atoms with E-state index in [9.17, 15) is 14.7 Å². The number of Topliss-reactive ketones (excluding diaryl/α,β-unsaturated/α-hetero) is 1. The van der Waals surface area contributed by atoms with Gasteiger partial charge in [0.15, 0.2) is 0 Å². The Morgan fingerprint density at radius 1 is 0.925 bits per heavy atom. The summed E-state index contributed by atoms with van der Waals surface area (Å²) < 4.78 is 5.91. The summed E-state index contributed by atoms with van der Waals surface area (Å²) in [6.45, 7) is 2.65. The summed E-state index contributed by atoms with van der Waals surface area (Å²) in [7, 11) is 3.89. The molecule has 3 aromatic carbocycles. The first-order valence-corrected chi connectivity index (χ1v) is 13.0. The van der Waals surface area contributed by atoms with Gasteiger partial charge in [0, 0.05) is 44.3 Å². The number of benzene rings is 3. The zero-order valence-corrected chi connectivity index (χ0v) is 22.7. The van der Waals surface area contributed by atoms with E-state index in [0.29, 0.717) is 17.9 Å². The standard InChI is InChI=1S/C33H31N3O4/c1-22-5-4-6-24(19-22)21-40-28-13-9-26(10-14-28)31(37)29-30(25-7-11-27(12-8-25)35(2)3)36(33(39)32(29)38)20-23-15-17-34-18-16-23/h4-19,30,37H,20-21H2,1-3H3/b31-29+/t30-/m1/s1. The molecule has 1 atom stereocenters. The lowest BCUT2D eigenvalue weighted by Crippen LogP contribution is -2.29. The molecule has 1 fully saturated rings. The smallest absolute Gasteiger partial charge is 0.295 e. The van der Waals surface area contributed by atoms with Crippen molar-refractivity contribution in [1.82, 2.24) is 9.88 Å². The van der Waals surface area contributed by atoms with Crippen molar-refractivity contribution in [2.75, 3.05) is 19.0 Å². The van der Waals surface area contributed by atoms with E-state index in [2.05, 4.69) is 11.1 Å². The maximum absolute atomic E-state index is 13.4. The zero-order chi connectivity index (χ0) is 28.2. The van der Waals surface area contributed by atoms with Crippen molar-refractivity contribution in [3.63, 3.8) is 0 Å². The van der Waals surface area contributed by atoms with Gasteiger partial charge in [0.2, 0.25) is 0 Å². The van der Waals surface area contributed by atoms with E-state index in [1.807, 2.05) is 68.4 Å². The summed E-state index contributed by atoms with van der Waals surface area (Å²) in [5, 5.41) is 11.4. The van der Waals surface area contributed by atoms with Crippen LogP contribution in [0.15, 0.2) is 103 Å². The van der Waals surface area contributed by atoms with Crippen molar-refractivity contribution < 1.29 is 19.4 Å². The molecule has 0 spiro atoms. The van der Waals surface area contributed by atoms with Gasteiger partial charge in [0.25, 0.3) is 11.7 Å². The van der Waals surface area contributed by atoms with Crippen LogP contribution < -0.4 is 9.64 Å². The highest BCUT2D eigenvalue weighted by Crippen LogP contribution is 2.40. The Morgan fingerprint density at radius 2 is 1.62 bits per heavy atom. The molecule has 202 valence electrons. The summed E-state index contributed by atoms with van der Waals surface area (Å²) in [6, 6.07) is 25.5. The molecule has 1 aliphatic rings. The fourth-order valence-electron chi connectivity index (χ4n) is 4.86. The van der Waals surface area contributed by atoms with Crippen molar-refractivity contribution in [2.45, 2.75) is 26.1 Å². The molecule has 4 aromatic rings. The fourth-order valence-corrected chi connectivity index (χ4v) is 4.86. The number of aryl methyl sites for hydroxylation is 1. The monoisotopic (exact) mass is 533 g/mol. The lowest BCUT2D eigenvalue weighted by Gasteiger charge is -2.26. The Labute approximate surface area is 234 Å². The van der Waals surface area contributed by atoms with Crippen LogP contribution >= 0.6 is 0 Å². The van der Waals surface area contributed by atoms with Gasteiger partial charge in [-0.3, -0.25) is 14.6 Å². The number of aliphatic hydroxyl groups excluding tert-OH is 1. The first-order chi connectivity index (χ1) is 19.3. The molecule has 0 radical (unpaired) electrons. The number of hydrogen-bond donors (Lipinski definition) is 1. The molecule has 40 heavy (non-hydrogen) atoms. The van der Waals surface area contributed by atoms with Crippen molar-refractivity contribution in [1.29, 1.82) is 0 Å². The molecule has 0 unspecified atom stereocenters. The van der Waals surface area contributed by atoms with E-state index in [-0.39, 0.29) is 17.9 Å². The summed E-state index contributed by atoms with van der Waals surface area (Å²) >= 11 is 0. The zero-order valence-electron chi connectivity index (χ0n) is 22.7. The Kier molecular flexibility index (Phi) is 7.64. The topological polar surface area (TPSA) is 83.0 Å². The minimum Gasteiger partial charge on any atom is -0.507 e. The Bertz CT molecular complexity index is 1550. The second-order valence-corrected chi connectivity index (χ2v) is 10.1. The second kappa shape index (κ2) is 11.5. The maximum atomic E-state index is 13.4. The Morgan fingerprint density at radius 3 is 2.27 bits per heavy atom. The number of aliphatic hydroxyl groups is 1. The van der Waals surface area contributed by atoms with Crippen LogP contribution in [-0.4, -0.2) is 40.8 Å². The molecule has 2 heterocycles. The van der Waals surface area contributed by atoms with Crippen LogP contribution in [0.5, 0.6) is 5.75 Å². The summed E-state index contributed by atoms with van der Waals surface area (Å²) in [5.41, 5.74) is 5.26. The third kappa shape index (κ3) is 5.59. The second-order valence-electron chi connectivity index (χ2n) is 10.1. The van der Waals surface area contributed by atoms with Crippen molar-refractivity contribution in [2.24, 2.45) is 0 Å². The predicted molar refractivity (Wildman–Crippen MR) is 155 cm³/mol. The van der Waals surface area contributed by atoms with Crippen molar-refractivity contribution in [3.05, 3.63) is 131 Å². The number of anilines is 1. The number of pyridine rings is 1. The first kappa shape index (κ1) is 26.7. The van der Waals surface area contributed by atoms with Crippen LogP contribution in [0, 0.1) is 6.92 Å². The maximum Gasteiger partial charge on any atom is 0.295 e. The third-order valence-electron chi connectivity index (χ3n) is 6.98. The van der Waals surface area contributed by atoms with Gasteiger partial charge in [-0.2, -0.15) is 0 Å². The summed E-state index contributed by atoms with van der Waals surface area (Å²) in [4.78, 5) is 34.2. The highest BCUT2D eigenvalue weighted by atomic mass is 16.5. The molecule has 5 rings (SSSR count). The van der Waals surface area contributed by atoms with Crippen LogP contribution in [0.2, 0.25) is 0 Å². The molecule has 1 aliphatic heterocycles. The summed E-state index contributed by atoms with van der Waals surface area (Å²) in [6.07, 6.45) is 3.30. The van der Waals surface area contributed by atoms with Crippen LogP contribution in [0.25, 0.3) is 5.76 Å². The number of carbonyl (C=O) groups is 2. The normalized spacial score (nSPS) is 16.3. The van der Waals surface area contributed by atoms with Crippen molar-refractivity contribution in [3.8, 4) is 5.75 Å². The largest absolute Gasteiger partial charge is 0.507 e. The predicted octanol–water partition coefficient (Wildman–Crippen LogP) is 5.66. The van der Waals surface area contributed by atoms with Gasteiger partial charge >= 0.3 is 0 Å². The molecule has 1 amide bonds. The molecule has 7 nitrogen and oxygen atoms in total. The number of carbonyl (C=O) groups excluding carboxylic acids is 2. The van der Waals surface area contributed by atoms with Crippen LogP contribution in [0.3, 0.4) is 0 Å². The quantitative estimate of drug-likeness (QED) is 0.179. The van der Waals surface area contributed by atoms with Gasteiger partial charge in [0.05, 0.1) is 11.6 Å². The summed E-state index contributed by atoms with van der Waals surface area (Å²) in [5.74, 6) is -0.958. The number of nitrogens with zero attached hydrogens (tertiary/aromatic N) is 3. The van der Waals surface area contributed by atoms with Gasteiger partial charge in [0.1, 0.15) is 18.1 Å². The molecule has 1 N–H and O–H groups in total. The van der Waals surface area contributed by atoms with Crippen LogP contribution in [0.4, 0.5) is 5.69 Å². The molecule has 0 aliphatic carbocycles. The van der Waals surface area contributed by atoms with E-state index in [0.717, 1.165) is 27.9 Å². The number of likely N-dealkylation sites (tertiary alicyclic amines) is 1. The third-order valence-corrected chi connectivity index (χ3v) is 6.98. The van der Waals surface area contributed by atoms with Gasteiger partial charge in [-0.15, -0.1) is 0 Å². The van der Waals surface area contributed by atoms with Crippen LogP contribution in [-0.2, 0) is 22.7 Å². The lowest BCUT2D eigenvalue weighted by atomic mass is 9.95. The highest BCUT2D eigenvalue weighted by Gasteiger charge is 2.46. The number of rotatable bonds is 8. The molecule has 1 saturated heterocycles. The SMILES string of the molecule is Cc1cccc(COc2ccc(/C(O)=C3\C(=O)C(=O)N(Cc4ccncc4)[C@@H]3c3ccc(N(C)C)cc3)cc2)c1. The van der Waals surface area contributed by atoms with E-state index >= 15 is 0 Å². The minimum atomic E-state index is -0.748. The number of hydrogen-bond acceptors (Lipinski definition) is 6. The first-order valence-electron chi connectivity index (χ1n) is 13.0. The van der Waals surface area contributed by atoms with Gasteiger partial charge in [-0.05, 0) is 72.1 Å². The number of aromatic nitrogens is 1. The molecule has 0 bridgehead atoms. The van der Waals surface area contributed by atoms with Gasteiger partial charge < -0.3 is 19.6 Å². The number of ether oxygens (including phenoxy) is 1. The van der Waals surface area contributed by atoms with E-state index in [1.54, 1.807) is 48.8 Å². The Hall–Kier alpha value is -4.91. The fraction of sp³-hybridized carbons (Fsp3) is 0.182.